The molecule has 2 rings (SSSR count). The number of aromatic nitrogens is 1. The second kappa shape index (κ2) is 5.92. The van der Waals surface area contributed by atoms with Crippen molar-refractivity contribution in [3.63, 3.8) is 0 Å². The van der Waals surface area contributed by atoms with Crippen LogP contribution in [0.5, 0.6) is 0 Å². The molecule has 1 aromatic heterocycles. The summed E-state index contributed by atoms with van der Waals surface area (Å²) < 4.78 is 0. The maximum atomic E-state index is 11.4. The summed E-state index contributed by atoms with van der Waals surface area (Å²) in [7, 11) is 2.12. The molecule has 1 unspecified atom stereocenters. The van der Waals surface area contributed by atoms with Crippen molar-refractivity contribution in [3.8, 4) is 0 Å². The van der Waals surface area contributed by atoms with E-state index in [2.05, 4.69) is 23.0 Å². The zero-order chi connectivity index (χ0) is 12.1. The first-order chi connectivity index (χ1) is 8.25. The summed E-state index contributed by atoms with van der Waals surface area (Å²) in [5, 5.41) is 0. The van der Waals surface area contributed by atoms with Crippen LogP contribution in [0.4, 0.5) is 0 Å². The smallest absolute Gasteiger partial charge is 0.134 e. The molecular weight excluding hydrogens is 212 g/mol. The van der Waals surface area contributed by atoms with E-state index in [1.165, 1.54) is 0 Å². The van der Waals surface area contributed by atoms with Gasteiger partial charge in [0, 0.05) is 43.7 Å². The minimum atomic E-state index is 0.422. The Kier molecular flexibility index (Phi) is 4.26. The number of Topliss-reactive ketones (excluding diaryl/α,β-unsaturated/α-hetero) is 1. The van der Waals surface area contributed by atoms with Crippen molar-refractivity contribution in [2.45, 2.75) is 38.1 Å². The lowest BCUT2D eigenvalue weighted by atomic mass is 9.93. The van der Waals surface area contributed by atoms with Crippen LogP contribution in [0.15, 0.2) is 24.4 Å². The Balaban J connectivity index is 1.80. The van der Waals surface area contributed by atoms with E-state index in [-0.39, 0.29) is 0 Å². The third-order valence-electron chi connectivity index (χ3n) is 3.53. The number of nitrogens with zero attached hydrogens (tertiary/aromatic N) is 2. The fraction of sp³-hybridized carbons (Fsp3) is 0.571. The molecule has 1 fully saturated rings. The monoisotopic (exact) mass is 232 g/mol. The maximum absolute atomic E-state index is 11.4. The third-order valence-corrected chi connectivity index (χ3v) is 3.53. The molecule has 1 aliphatic carbocycles. The van der Waals surface area contributed by atoms with Gasteiger partial charge in [-0.1, -0.05) is 6.07 Å². The molecular formula is C14H20N2O. The van der Waals surface area contributed by atoms with Gasteiger partial charge in [0.05, 0.1) is 0 Å². The Morgan fingerprint density at radius 1 is 1.47 bits per heavy atom. The number of likely N-dealkylation sites (N-methyl/N-ethyl adjacent to an activating group) is 1. The van der Waals surface area contributed by atoms with Crippen molar-refractivity contribution >= 4 is 5.78 Å². The number of ketones is 1. The van der Waals surface area contributed by atoms with E-state index in [1.807, 2.05) is 18.3 Å². The number of carbonyl (C=O) groups is 1. The molecule has 0 amide bonds. The topological polar surface area (TPSA) is 33.2 Å². The van der Waals surface area contributed by atoms with Gasteiger partial charge >= 0.3 is 0 Å². The van der Waals surface area contributed by atoms with Crippen LogP contribution < -0.4 is 0 Å². The van der Waals surface area contributed by atoms with Gasteiger partial charge in [-0.25, -0.2) is 0 Å². The van der Waals surface area contributed by atoms with Crippen molar-refractivity contribution in [1.29, 1.82) is 0 Å². The van der Waals surface area contributed by atoms with Gasteiger partial charge in [0.2, 0.25) is 0 Å². The number of hydrogen-bond donors (Lipinski definition) is 0. The highest BCUT2D eigenvalue weighted by atomic mass is 16.1. The van der Waals surface area contributed by atoms with Crippen LogP contribution in [0.2, 0.25) is 0 Å². The minimum Gasteiger partial charge on any atom is -0.303 e. The molecule has 1 aliphatic rings. The highest BCUT2D eigenvalue weighted by Crippen LogP contribution is 2.19. The number of hydrogen-bond acceptors (Lipinski definition) is 3. The molecule has 0 aliphatic heterocycles. The van der Waals surface area contributed by atoms with E-state index < -0.39 is 0 Å². The highest BCUT2D eigenvalue weighted by molar-refractivity contribution is 5.79. The van der Waals surface area contributed by atoms with Crippen molar-refractivity contribution in [1.82, 2.24) is 9.88 Å². The summed E-state index contributed by atoms with van der Waals surface area (Å²) in [6, 6.07) is 6.46. The molecule has 0 N–H and O–H groups in total. The van der Waals surface area contributed by atoms with Gasteiger partial charge < -0.3 is 4.90 Å². The van der Waals surface area contributed by atoms with E-state index in [0.717, 1.165) is 44.3 Å². The summed E-state index contributed by atoms with van der Waals surface area (Å²) >= 11 is 0. The lowest BCUT2D eigenvalue weighted by molar-refractivity contribution is -0.121. The summed E-state index contributed by atoms with van der Waals surface area (Å²) in [6.07, 6.45) is 6.52. The largest absolute Gasteiger partial charge is 0.303 e. The summed E-state index contributed by atoms with van der Waals surface area (Å²) in [4.78, 5) is 18.0. The molecule has 1 atom stereocenters. The second-order valence-electron chi connectivity index (χ2n) is 4.84. The SMILES string of the molecule is CN(CCc1ccccn1)C1CCCC(=O)C1. The molecule has 0 saturated heterocycles. The summed E-state index contributed by atoms with van der Waals surface area (Å²) in [6.45, 7) is 0.981. The summed E-state index contributed by atoms with van der Waals surface area (Å²) in [5.74, 6) is 0.422. The first-order valence-corrected chi connectivity index (χ1v) is 6.37. The normalized spacial score (nSPS) is 20.8. The minimum absolute atomic E-state index is 0.422. The van der Waals surface area contributed by atoms with Crippen LogP contribution >= 0.6 is 0 Å². The lowest BCUT2D eigenvalue weighted by Crippen LogP contribution is -2.37. The fourth-order valence-electron chi connectivity index (χ4n) is 2.40. The van der Waals surface area contributed by atoms with E-state index in [9.17, 15) is 4.79 Å². The average molecular weight is 232 g/mol. The van der Waals surface area contributed by atoms with E-state index in [0.29, 0.717) is 11.8 Å². The second-order valence-corrected chi connectivity index (χ2v) is 4.84. The zero-order valence-corrected chi connectivity index (χ0v) is 10.4. The van der Waals surface area contributed by atoms with Crippen molar-refractivity contribution in [3.05, 3.63) is 30.1 Å². The van der Waals surface area contributed by atoms with Crippen molar-refractivity contribution < 1.29 is 4.79 Å². The van der Waals surface area contributed by atoms with Crippen LogP contribution in [0.1, 0.15) is 31.4 Å². The van der Waals surface area contributed by atoms with Gasteiger partial charge in [0.1, 0.15) is 5.78 Å². The van der Waals surface area contributed by atoms with Gasteiger partial charge in [0.25, 0.3) is 0 Å². The average Bonchev–Trinajstić information content (AvgIpc) is 2.37. The Labute approximate surface area is 103 Å². The Bertz CT molecular complexity index is 364. The Morgan fingerprint density at radius 2 is 2.35 bits per heavy atom. The van der Waals surface area contributed by atoms with Crippen LogP contribution in [-0.2, 0) is 11.2 Å². The molecule has 1 heterocycles. The first kappa shape index (κ1) is 12.2. The van der Waals surface area contributed by atoms with Gasteiger partial charge in [-0.3, -0.25) is 9.78 Å². The first-order valence-electron chi connectivity index (χ1n) is 6.37. The fourth-order valence-corrected chi connectivity index (χ4v) is 2.40. The lowest BCUT2D eigenvalue weighted by Gasteiger charge is -2.30. The predicted molar refractivity (Wildman–Crippen MR) is 67.8 cm³/mol. The maximum Gasteiger partial charge on any atom is 0.134 e. The molecule has 0 aromatic carbocycles. The van der Waals surface area contributed by atoms with E-state index >= 15 is 0 Å². The molecule has 1 aromatic rings. The van der Waals surface area contributed by atoms with Crippen LogP contribution in [0.25, 0.3) is 0 Å². The third kappa shape index (κ3) is 3.63. The van der Waals surface area contributed by atoms with Crippen LogP contribution in [-0.4, -0.2) is 35.3 Å². The Morgan fingerprint density at radius 3 is 3.06 bits per heavy atom. The number of pyridine rings is 1. The van der Waals surface area contributed by atoms with E-state index in [4.69, 9.17) is 0 Å². The van der Waals surface area contributed by atoms with Gasteiger partial charge in [0.15, 0.2) is 0 Å². The van der Waals surface area contributed by atoms with Crippen molar-refractivity contribution in [2.24, 2.45) is 0 Å². The summed E-state index contributed by atoms with van der Waals surface area (Å²) in [5.41, 5.74) is 1.13. The molecule has 17 heavy (non-hydrogen) atoms. The highest BCUT2D eigenvalue weighted by Gasteiger charge is 2.22. The molecule has 0 bridgehead atoms. The van der Waals surface area contributed by atoms with Gasteiger partial charge in [-0.15, -0.1) is 0 Å². The quantitative estimate of drug-likeness (QED) is 0.796. The molecule has 0 spiro atoms. The van der Waals surface area contributed by atoms with Gasteiger partial charge in [-0.05, 0) is 32.0 Å². The molecule has 0 radical (unpaired) electrons. The van der Waals surface area contributed by atoms with Crippen LogP contribution in [0, 0.1) is 0 Å². The zero-order valence-electron chi connectivity index (χ0n) is 10.4. The van der Waals surface area contributed by atoms with Crippen LogP contribution in [0.3, 0.4) is 0 Å². The van der Waals surface area contributed by atoms with Crippen molar-refractivity contribution in [2.75, 3.05) is 13.6 Å². The molecule has 1 saturated carbocycles. The van der Waals surface area contributed by atoms with Gasteiger partial charge in [-0.2, -0.15) is 0 Å². The molecule has 3 nitrogen and oxygen atoms in total. The molecule has 92 valence electrons. The number of carbonyl (C=O) groups excluding carboxylic acids is 1. The van der Waals surface area contributed by atoms with E-state index in [1.54, 1.807) is 0 Å². The standard InChI is InChI=1S/C14H20N2O/c1-16(13-6-4-7-14(17)11-13)10-8-12-5-2-3-9-15-12/h2-3,5,9,13H,4,6-8,10-11H2,1H3. The predicted octanol–water partition coefficient (Wildman–Crippen LogP) is 2.07. The Hall–Kier alpha value is -1.22. The number of rotatable bonds is 4. The molecule has 3 heteroatoms.